The van der Waals surface area contributed by atoms with E-state index >= 15 is 18.9 Å². The molecule has 0 saturated carbocycles. The zero-order valence-corrected chi connectivity index (χ0v) is 62.2. The quantitative estimate of drug-likeness (QED) is 0.0615. The zero-order chi connectivity index (χ0) is 74.7. The topological polar surface area (TPSA) is 205 Å². The van der Waals surface area contributed by atoms with Crippen LogP contribution in [-0.2, 0) is 87.7 Å². The molecular weight excluding hydrogens is 1360 g/mol. The number of likely N-dealkylation sites (tertiary alicyclic amines) is 3. The van der Waals surface area contributed by atoms with E-state index in [-0.39, 0.29) is 112 Å². The molecule has 6 aliphatic rings. The Morgan fingerprint density at radius 2 is 0.570 bits per heavy atom. The fourth-order valence-corrected chi connectivity index (χ4v) is 21.7. The highest BCUT2D eigenvalue weighted by molar-refractivity contribution is 7.48. The third kappa shape index (κ3) is 11.8. The predicted octanol–water partition coefficient (Wildman–Crippen LogP) is 16.5. The lowest BCUT2D eigenvalue weighted by molar-refractivity contribution is -0.258. The molecule has 17 heteroatoms. The Morgan fingerprint density at radius 3 is 0.776 bits per heavy atom. The molecule has 0 bridgehead atoms. The van der Waals surface area contributed by atoms with Gasteiger partial charge < -0.3 is 28.9 Å². The number of phosphoric acid groups is 1. The first-order chi connectivity index (χ1) is 51.5. The monoisotopic (exact) mass is 1440 g/mol. The second-order valence-corrected chi connectivity index (χ2v) is 32.5. The SMILES string of the molecule is CC1(C)Oc2ccc(C#N)cc2[C@@](Cc2ccccc2)(N2CCCC2=O)[C@]1(Cc1ccccc1)OP(=O)(O[C@]1(Cc2ccccc2)C(C)(C)Oc2ccc(C#N)cc2[C@@]1(Cc1ccccc1)N1CCCC1=O)O[C@]1(Cc2ccccc2)C(C)(C)Oc2ccc(C#N)cc2[C@@]1(Cc1ccccc1)N1CCCC1=O. The van der Waals surface area contributed by atoms with E-state index in [2.05, 4.69) is 18.2 Å². The van der Waals surface area contributed by atoms with Crippen molar-refractivity contribution in [1.29, 1.82) is 15.8 Å². The van der Waals surface area contributed by atoms with Gasteiger partial charge in [0.2, 0.25) is 17.7 Å². The van der Waals surface area contributed by atoms with Crippen LogP contribution in [-0.4, -0.2) is 85.7 Å². The van der Waals surface area contributed by atoms with E-state index in [1.54, 1.807) is 54.6 Å². The third-order valence-electron chi connectivity index (χ3n) is 23.9. The van der Waals surface area contributed by atoms with E-state index in [1.807, 2.05) is 238 Å². The molecule has 9 aromatic rings. The van der Waals surface area contributed by atoms with Crippen LogP contribution in [0.15, 0.2) is 237 Å². The summed E-state index contributed by atoms with van der Waals surface area (Å²) in [5.74, 6) is 0.306. The Morgan fingerprint density at radius 1 is 0.346 bits per heavy atom. The maximum absolute atomic E-state index is 21.0. The Kier molecular flexibility index (Phi) is 18.6. The predicted molar refractivity (Wildman–Crippen MR) is 405 cm³/mol. The molecule has 3 fully saturated rings. The van der Waals surface area contributed by atoms with Crippen molar-refractivity contribution in [3.8, 4) is 35.5 Å². The number of hydrogen-bond acceptors (Lipinski definition) is 13. The van der Waals surface area contributed by atoms with Gasteiger partial charge in [0.15, 0.2) is 16.8 Å². The van der Waals surface area contributed by atoms with Crippen LogP contribution in [0.4, 0.5) is 0 Å². The lowest BCUT2D eigenvalue weighted by atomic mass is 9.59. The van der Waals surface area contributed by atoms with Crippen molar-refractivity contribution < 1.29 is 46.7 Å². The van der Waals surface area contributed by atoms with Gasteiger partial charge in [-0.2, -0.15) is 15.8 Å². The highest BCUT2D eigenvalue weighted by Crippen LogP contribution is 2.75. The molecular formula is C90H87N6O10P. The average Bonchev–Trinajstić information content (AvgIpc) is 1.42. The first-order valence-corrected chi connectivity index (χ1v) is 38.6. The molecule has 542 valence electrons. The summed E-state index contributed by atoms with van der Waals surface area (Å²) in [5.41, 5.74) is -11.5. The van der Waals surface area contributed by atoms with Gasteiger partial charge in [0.05, 0.1) is 34.9 Å². The number of rotatable bonds is 21. The van der Waals surface area contributed by atoms with Gasteiger partial charge in [-0.3, -0.25) is 28.0 Å². The molecule has 0 N–H and O–H groups in total. The van der Waals surface area contributed by atoms with Gasteiger partial charge in [-0.25, -0.2) is 4.57 Å². The maximum atomic E-state index is 21.0. The summed E-state index contributed by atoms with van der Waals surface area (Å²) in [6, 6.07) is 81.2. The summed E-state index contributed by atoms with van der Waals surface area (Å²) in [7, 11) is -6.25. The highest BCUT2D eigenvalue weighted by atomic mass is 31.2. The smallest absolute Gasteiger partial charge is 0.477 e. The Labute approximate surface area is 626 Å². The number of carbonyl (C=O) groups is 3. The number of nitrogens with zero attached hydrogens (tertiary/aromatic N) is 6. The summed E-state index contributed by atoms with van der Waals surface area (Å²) in [6.45, 7) is 11.8. The molecule has 0 aromatic heterocycles. The van der Waals surface area contributed by atoms with Crippen molar-refractivity contribution in [2.24, 2.45) is 0 Å². The normalized spacial score (nSPS) is 25.2. The standard InChI is InChI=1S/C90H87N6O10P/c1-82(2)88(58-67-34-19-10-20-35-67,85(94-49-25-40-79(94)97,55-64-28-13-7-14-29-64)73-52-70(61-91)43-46-76(73)101-82)104-107(100,105-89(59-68-36-21-11-22-37-68)83(3,4)102-77-47-44-71(62-92)53-74(77)86(89,95-50-26-41-80(95)98)56-65-30-15-8-16-31-65)106-90(60-69-38-23-12-24-39-69)84(5,6)103-78-48-45-72(63-93)54-75(78)87(90,96-51-27-42-81(96)99)57-66-32-17-9-18-33-66/h7-24,28-39,43-48,52-54H,25-27,40-42,49-51,55-60H2,1-6H3/t85-,86-,87-,88-,89-,90-/m1/s1. The molecule has 3 saturated heterocycles. The highest BCUT2D eigenvalue weighted by Gasteiger charge is 2.79. The number of carbonyl (C=O) groups excluding carboxylic acids is 3. The second-order valence-electron chi connectivity index (χ2n) is 31.0. The summed E-state index contributed by atoms with van der Waals surface area (Å²) >= 11 is 0. The largest absolute Gasteiger partial charge is 0.484 e. The Balaban J connectivity index is 1.17. The lowest BCUT2D eigenvalue weighted by Gasteiger charge is -2.67. The van der Waals surface area contributed by atoms with Crippen LogP contribution >= 0.6 is 7.82 Å². The molecule has 0 aliphatic carbocycles. The summed E-state index contributed by atoms with van der Waals surface area (Å²) in [5, 5.41) is 33.8. The molecule has 0 unspecified atom stereocenters. The maximum Gasteiger partial charge on any atom is 0.477 e. The molecule has 6 heterocycles. The first-order valence-electron chi connectivity index (χ1n) is 37.1. The van der Waals surface area contributed by atoms with Crippen molar-refractivity contribution in [2.45, 2.75) is 169 Å². The van der Waals surface area contributed by atoms with Crippen LogP contribution in [0.5, 0.6) is 17.2 Å². The van der Waals surface area contributed by atoms with Crippen molar-refractivity contribution in [2.75, 3.05) is 19.6 Å². The Hall–Kier alpha value is -10.6. The van der Waals surface area contributed by atoms with E-state index in [4.69, 9.17) is 27.8 Å². The molecule has 9 aromatic carbocycles. The zero-order valence-electron chi connectivity index (χ0n) is 61.3. The molecule has 16 nitrogen and oxygen atoms in total. The summed E-state index contributed by atoms with van der Waals surface area (Å²) in [6.07, 6.45) is 0.980. The molecule has 6 atom stereocenters. The van der Waals surface area contributed by atoms with Gasteiger partial charge in [-0.15, -0.1) is 0 Å². The fourth-order valence-electron chi connectivity index (χ4n) is 19.2. The van der Waals surface area contributed by atoms with Crippen LogP contribution in [0, 0.1) is 34.0 Å². The van der Waals surface area contributed by atoms with E-state index in [9.17, 15) is 15.8 Å². The van der Waals surface area contributed by atoms with Crippen LogP contribution in [0.3, 0.4) is 0 Å². The first kappa shape index (κ1) is 72.0. The van der Waals surface area contributed by atoms with Crippen molar-refractivity contribution >= 4 is 25.5 Å². The minimum atomic E-state index is -6.25. The van der Waals surface area contributed by atoms with Gasteiger partial charge in [-0.05, 0) is 149 Å². The van der Waals surface area contributed by atoms with Gasteiger partial charge in [0.1, 0.15) is 50.7 Å². The minimum absolute atomic E-state index is 0.0241. The number of benzene rings is 9. The molecule has 107 heavy (non-hydrogen) atoms. The molecule has 3 amide bonds. The van der Waals surface area contributed by atoms with Gasteiger partial charge in [0.25, 0.3) is 0 Å². The lowest BCUT2D eigenvalue weighted by Crippen LogP contribution is -2.79. The van der Waals surface area contributed by atoms with Crippen molar-refractivity contribution in [3.63, 3.8) is 0 Å². The van der Waals surface area contributed by atoms with Crippen LogP contribution < -0.4 is 14.2 Å². The second kappa shape index (κ2) is 27.6. The molecule has 15 rings (SSSR count). The van der Waals surface area contributed by atoms with Gasteiger partial charge in [0, 0.05) is 94.1 Å². The number of hydrogen-bond donors (Lipinski definition) is 0. The Bertz CT molecular complexity index is 4570. The number of phosphoric ester groups is 1. The number of amides is 3. The van der Waals surface area contributed by atoms with Gasteiger partial charge in [-0.1, -0.05) is 182 Å². The van der Waals surface area contributed by atoms with E-state index < -0.39 is 58.0 Å². The van der Waals surface area contributed by atoms with Crippen LogP contribution in [0.1, 0.15) is 147 Å². The number of fused-ring (bicyclic) bond motifs is 3. The minimum Gasteiger partial charge on any atom is -0.484 e. The molecule has 6 aliphatic heterocycles. The van der Waals surface area contributed by atoms with E-state index in [0.29, 0.717) is 69.9 Å². The van der Waals surface area contributed by atoms with Crippen molar-refractivity contribution in [3.05, 3.63) is 303 Å². The molecule has 0 spiro atoms. The number of ether oxygens (including phenoxy) is 3. The average molecular weight is 1440 g/mol. The van der Waals surface area contributed by atoms with Crippen LogP contribution in [0.25, 0.3) is 0 Å². The van der Waals surface area contributed by atoms with E-state index in [0.717, 1.165) is 16.7 Å². The summed E-state index contributed by atoms with van der Waals surface area (Å²) < 4.78 is 70.8. The van der Waals surface area contributed by atoms with Gasteiger partial charge >= 0.3 is 7.82 Å². The third-order valence-corrected chi connectivity index (χ3v) is 25.5. The number of nitriles is 3. The van der Waals surface area contributed by atoms with Crippen LogP contribution in [0.2, 0.25) is 0 Å². The van der Waals surface area contributed by atoms with Crippen molar-refractivity contribution in [1.82, 2.24) is 14.7 Å². The molecule has 0 radical (unpaired) electrons. The van der Waals surface area contributed by atoms with E-state index in [1.165, 1.54) is 0 Å². The summed E-state index contributed by atoms with van der Waals surface area (Å²) in [4.78, 5) is 54.0. The fraction of sp³-hybridized carbons (Fsp3) is 0.333.